The lowest BCUT2D eigenvalue weighted by molar-refractivity contribution is -0.120. The molecule has 21 heavy (non-hydrogen) atoms. The molecule has 0 saturated carbocycles. The summed E-state index contributed by atoms with van der Waals surface area (Å²) in [5, 5.41) is 12.1. The Balaban J connectivity index is 1.81. The Labute approximate surface area is 126 Å². The Morgan fingerprint density at radius 1 is 1.52 bits per heavy atom. The summed E-state index contributed by atoms with van der Waals surface area (Å²) in [4.78, 5) is 13.8. The van der Waals surface area contributed by atoms with Crippen molar-refractivity contribution in [1.82, 2.24) is 10.2 Å². The smallest absolute Gasteiger partial charge is 0.223 e. The monoisotopic (exact) mass is 283 g/mol. The van der Waals surface area contributed by atoms with Crippen LogP contribution in [0.3, 0.4) is 0 Å². The first kappa shape index (κ1) is 15.3. The Bertz CT molecular complexity index is 547. The van der Waals surface area contributed by atoms with Gasteiger partial charge in [-0.15, -0.1) is 6.58 Å². The van der Waals surface area contributed by atoms with Gasteiger partial charge in [-0.3, -0.25) is 9.69 Å². The maximum Gasteiger partial charge on any atom is 0.223 e. The molecular weight excluding hydrogens is 262 g/mol. The van der Waals surface area contributed by atoms with Gasteiger partial charge in [0.15, 0.2) is 0 Å². The second-order valence-corrected chi connectivity index (χ2v) is 5.46. The highest BCUT2D eigenvalue weighted by Gasteiger charge is 2.23. The lowest BCUT2D eigenvalue weighted by Gasteiger charge is -2.17. The van der Waals surface area contributed by atoms with Crippen LogP contribution in [0.25, 0.3) is 0 Å². The second kappa shape index (κ2) is 7.61. The Morgan fingerprint density at radius 3 is 3.10 bits per heavy atom. The molecule has 4 heteroatoms. The van der Waals surface area contributed by atoms with Crippen molar-refractivity contribution in [1.29, 1.82) is 5.26 Å². The van der Waals surface area contributed by atoms with Crippen LogP contribution in [0.4, 0.5) is 0 Å². The highest BCUT2D eigenvalue weighted by molar-refractivity contribution is 5.77. The quantitative estimate of drug-likeness (QED) is 0.813. The number of likely N-dealkylation sites (tertiary alicyclic amines) is 1. The lowest BCUT2D eigenvalue weighted by Crippen LogP contribution is -2.30. The number of nitrogens with zero attached hydrogens (tertiary/aromatic N) is 2. The van der Waals surface area contributed by atoms with Crippen molar-refractivity contribution < 1.29 is 4.79 Å². The van der Waals surface area contributed by atoms with E-state index in [4.69, 9.17) is 5.26 Å². The number of hydrogen-bond acceptors (Lipinski definition) is 3. The summed E-state index contributed by atoms with van der Waals surface area (Å²) in [6.07, 6.45) is 3.09. The van der Waals surface area contributed by atoms with E-state index in [1.165, 1.54) is 0 Å². The molecule has 1 unspecified atom stereocenters. The standard InChI is InChI=1S/C17H21N3O/c1-2-5-17(21)19-11-14-8-9-20(12-14)13-16-7-4-3-6-15(16)10-18/h2-4,6-7,14H,1,5,8-9,11-13H2,(H,19,21). The first-order valence-electron chi connectivity index (χ1n) is 7.31. The highest BCUT2D eigenvalue weighted by Crippen LogP contribution is 2.19. The van der Waals surface area contributed by atoms with Gasteiger partial charge < -0.3 is 5.32 Å². The van der Waals surface area contributed by atoms with E-state index in [2.05, 4.69) is 22.9 Å². The predicted octanol–water partition coefficient (Wildman–Crippen LogP) is 2.07. The maximum atomic E-state index is 11.4. The number of nitriles is 1. The van der Waals surface area contributed by atoms with Crippen LogP contribution < -0.4 is 5.32 Å². The summed E-state index contributed by atoms with van der Waals surface area (Å²) in [7, 11) is 0. The van der Waals surface area contributed by atoms with Crippen LogP contribution in [0.2, 0.25) is 0 Å². The lowest BCUT2D eigenvalue weighted by atomic mass is 10.1. The van der Waals surface area contributed by atoms with E-state index >= 15 is 0 Å². The van der Waals surface area contributed by atoms with Gasteiger partial charge in [-0.05, 0) is 30.5 Å². The van der Waals surface area contributed by atoms with E-state index in [1.807, 2.05) is 24.3 Å². The van der Waals surface area contributed by atoms with Crippen LogP contribution in [-0.2, 0) is 11.3 Å². The molecule has 1 aromatic carbocycles. The third-order valence-electron chi connectivity index (χ3n) is 3.82. The van der Waals surface area contributed by atoms with E-state index in [9.17, 15) is 4.79 Å². The molecule has 0 bridgehead atoms. The number of amides is 1. The molecule has 0 aliphatic carbocycles. The second-order valence-electron chi connectivity index (χ2n) is 5.46. The van der Waals surface area contributed by atoms with E-state index in [1.54, 1.807) is 6.08 Å². The van der Waals surface area contributed by atoms with Gasteiger partial charge >= 0.3 is 0 Å². The number of hydrogen-bond donors (Lipinski definition) is 1. The molecule has 110 valence electrons. The van der Waals surface area contributed by atoms with Gasteiger partial charge in [0.1, 0.15) is 0 Å². The zero-order valence-corrected chi connectivity index (χ0v) is 12.2. The summed E-state index contributed by atoms with van der Waals surface area (Å²) >= 11 is 0. The third kappa shape index (κ3) is 4.44. The number of rotatable bonds is 6. The molecule has 1 aliphatic heterocycles. The van der Waals surface area contributed by atoms with Crippen LogP contribution in [-0.4, -0.2) is 30.4 Å². The zero-order chi connectivity index (χ0) is 15.1. The normalized spacial score (nSPS) is 18.1. The Morgan fingerprint density at radius 2 is 2.33 bits per heavy atom. The fourth-order valence-electron chi connectivity index (χ4n) is 2.69. The van der Waals surface area contributed by atoms with Crippen LogP contribution in [0.5, 0.6) is 0 Å². The van der Waals surface area contributed by atoms with Crippen molar-refractivity contribution in [3.05, 3.63) is 48.0 Å². The molecule has 1 atom stereocenters. The van der Waals surface area contributed by atoms with E-state index < -0.39 is 0 Å². The molecule has 2 rings (SSSR count). The van der Waals surface area contributed by atoms with E-state index in [0.29, 0.717) is 12.3 Å². The summed E-state index contributed by atoms with van der Waals surface area (Å²) < 4.78 is 0. The van der Waals surface area contributed by atoms with Gasteiger partial charge in [-0.1, -0.05) is 24.3 Å². The van der Waals surface area contributed by atoms with Crippen molar-refractivity contribution in [2.24, 2.45) is 5.92 Å². The first-order valence-corrected chi connectivity index (χ1v) is 7.31. The SMILES string of the molecule is C=CCC(=O)NCC1CCN(Cc2ccccc2C#N)C1. The molecule has 0 spiro atoms. The average molecular weight is 283 g/mol. The third-order valence-corrected chi connectivity index (χ3v) is 3.82. The predicted molar refractivity (Wildman–Crippen MR) is 82.4 cm³/mol. The molecule has 0 radical (unpaired) electrons. The van der Waals surface area contributed by atoms with Gasteiger partial charge in [-0.2, -0.15) is 5.26 Å². The number of nitrogens with one attached hydrogen (secondary N) is 1. The largest absolute Gasteiger partial charge is 0.356 e. The molecular formula is C17H21N3O. The van der Waals surface area contributed by atoms with Crippen LogP contribution in [0.1, 0.15) is 24.0 Å². The molecule has 1 fully saturated rings. The molecule has 1 aromatic rings. The highest BCUT2D eigenvalue weighted by atomic mass is 16.1. The van der Waals surface area contributed by atoms with E-state index in [0.717, 1.165) is 43.7 Å². The fourth-order valence-corrected chi connectivity index (χ4v) is 2.69. The summed E-state index contributed by atoms with van der Waals surface area (Å²) in [6.45, 7) is 7.07. The van der Waals surface area contributed by atoms with Gasteiger partial charge in [0.05, 0.1) is 11.6 Å². The van der Waals surface area contributed by atoms with Crippen molar-refractivity contribution in [2.75, 3.05) is 19.6 Å². The van der Waals surface area contributed by atoms with Gasteiger partial charge in [0, 0.05) is 26.1 Å². The number of carbonyl (C=O) groups is 1. The molecule has 4 nitrogen and oxygen atoms in total. The summed E-state index contributed by atoms with van der Waals surface area (Å²) in [5.41, 5.74) is 1.83. The summed E-state index contributed by atoms with van der Waals surface area (Å²) in [6, 6.07) is 9.98. The zero-order valence-electron chi connectivity index (χ0n) is 12.2. The van der Waals surface area contributed by atoms with Crippen LogP contribution in [0, 0.1) is 17.2 Å². The topological polar surface area (TPSA) is 56.1 Å². The van der Waals surface area contributed by atoms with Crippen LogP contribution >= 0.6 is 0 Å². The molecule has 1 amide bonds. The Hall–Kier alpha value is -2.12. The van der Waals surface area contributed by atoms with Gasteiger partial charge in [0.2, 0.25) is 5.91 Å². The van der Waals surface area contributed by atoms with Gasteiger partial charge in [-0.25, -0.2) is 0 Å². The minimum absolute atomic E-state index is 0.0401. The minimum atomic E-state index is 0.0401. The first-order chi connectivity index (χ1) is 10.2. The number of benzene rings is 1. The summed E-state index contributed by atoms with van der Waals surface area (Å²) in [5.74, 6) is 0.534. The maximum absolute atomic E-state index is 11.4. The van der Waals surface area contributed by atoms with Gasteiger partial charge in [0.25, 0.3) is 0 Å². The molecule has 1 saturated heterocycles. The molecule has 1 N–H and O–H groups in total. The van der Waals surface area contributed by atoms with E-state index in [-0.39, 0.29) is 5.91 Å². The van der Waals surface area contributed by atoms with Crippen molar-refractivity contribution >= 4 is 5.91 Å². The average Bonchev–Trinajstić information content (AvgIpc) is 2.94. The molecule has 1 aliphatic rings. The molecule has 1 heterocycles. The van der Waals surface area contributed by atoms with Crippen molar-refractivity contribution in [3.63, 3.8) is 0 Å². The number of carbonyl (C=O) groups excluding carboxylic acids is 1. The minimum Gasteiger partial charge on any atom is -0.356 e. The Kier molecular flexibility index (Phi) is 5.53. The fraction of sp³-hybridized carbons (Fsp3) is 0.412. The molecule has 0 aromatic heterocycles. The van der Waals surface area contributed by atoms with Crippen molar-refractivity contribution in [3.8, 4) is 6.07 Å². The van der Waals surface area contributed by atoms with Crippen LogP contribution in [0.15, 0.2) is 36.9 Å². The van der Waals surface area contributed by atoms with Crippen molar-refractivity contribution in [2.45, 2.75) is 19.4 Å².